The molecule has 0 radical (unpaired) electrons. The van der Waals surface area contributed by atoms with Crippen molar-refractivity contribution in [3.05, 3.63) is 28.8 Å². The van der Waals surface area contributed by atoms with Crippen LogP contribution >= 0.6 is 11.6 Å². The zero-order chi connectivity index (χ0) is 13.7. The van der Waals surface area contributed by atoms with E-state index >= 15 is 0 Å². The molecule has 3 nitrogen and oxygen atoms in total. The van der Waals surface area contributed by atoms with Gasteiger partial charge in [0.15, 0.2) is 0 Å². The van der Waals surface area contributed by atoms with Crippen LogP contribution in [0.4, 0.5) is 0 Å². The first-order valence-electron chi connectivity index (χ1n) is 7.02. The molecule has 1 aromatic carbocycles. The van der Waals surface area contributed by atoms with Crippen LogP contribution in [0.5, 0.6) is 5.75 Å². The molecule has 1 aliphatic heterocycles. The number of piperidine rings is 1. The largest absolute Gasteiger partial charge is 0.493 e. The molecule has 4 heteroatoms. The Morgan fingerprint density at radius 3 is 3.00 bits per heavy atom. The van der Waals surface area contributed by atoms with Crippen molar-refractivity contribution in [2.24, 2.45) is 5.73 Å². The van der Waals surface area contributed by atoms with Crippen LogP contribution in [0.15, 0.2) is 18.2 Å². The van der Waals surface area contributed by atoms with Crippen molar-refractivity contribution in [1.29, 1.82) is 0 Å². The first-order valence-corrected chi connectivity index (χ1v) is 7.40. The smallest absolute Gasteiger partial charge is 0.123 e. The second-order valence-corrected chi connectivity index (χ2v) is 5.66. The van der Waals surface area contributed by atoms with Crippen molar-refractivity contribution in [3.8, 4) is 5.75 Å². The summed E-state index contributed by atoms with van der Waals surface area (Å²) in [5.41, 5.74) is 6.69. The minimum Gasteiger partial charge on any atom is -0.493 e. The lowest BCUT2D eigenvalue weighted by molar-refractivity contribution is 0.153. The summed E-state index contributed by atoms with van der Waals surface area (Å²) in [6.07, 6.45) is 5.01. The fourth-order valence-corrected chi connectivity index (χ4v) is 2.86. The number of hydrogen-bond donors (Lipinski definition) is 1. The van der Waals surface area contributed by atoms with Gasteiger partial charge in [0.25, 0.3) is 0 Å². The molecule has 1 unspecified atom stereocenters. The molecule has 1 saturated heterocycles. The zero-order valence-electron chi connectivity index (χ0n) is 11.6. The van der Waals surface area contributed by atoms with E-state index in [1.807, 2.05) is 18.2 Å². The summed E-state index contributed by atoms with van der Waals surface area (Å²) in [6.45, 7) is 2.41. The van der Waals surface area contributed by atoms with Crippen molar-refractivity contribution in [2.45, 2.75) is 38.3 Å². The summed E-state index contributed by atoms with van der Waals surface area (Å²) in [5.74, 6) is 0.866. The number of benzene rings is 1. The quantitative estimate of drug-likeness (QED) is 0.902. The average Bonchev–Trinajstić information content (AvgIpc) is 2.42. The summed E-state index contributed by atoms with van der Waals surface area (Å²) < 4.78 is 5.87. The summed E-state index contributed by atoms with van der Waals surface area (Å²) in [7, 11) is 2.21. The van der Waals surface area contributed by atoms with Crippen LogP contribution in [0.1, 0.15) is 31.2 Å². The maximum Gasteiger partial charge on any atom is 0.123 e. The van der Waals surface area contributed by atoms with Gasteiger partial charge in [0.1, 0.15) is 5.75 Å². The molecule has 0 bridgehead atoms. The van der Waals surface area contributed by atoms with Crippen LogP contribution in [0.3, 0.4) is 0 Å². The van der Waals surface area contributed by atoms with Crippen molar-refractivity contribution in [1.82, 2.24) is 4.90 Å². The molecule has 1 heterocycles. The molecular formula is C15H23ClN2O. The third kappa shape index (κ3) is 4.10. The van der Waals surface area contributed by atoms with Gasteiger partial charge >= 0.3 is 0 Å². The van der Waals surface area contributed by atoms with Gasteiger partial charge in [-0.25, -0.2) is 0 Å². The highest BCUT2D eigenvalue weighted by Crippen LogP contribution is 2.23. The fraction of sp³-hybridized carbons (Fsp3) is 0.600. The molecule has 0 spiro atoms. The first-order chi connectivity index (χ1) is 9.20. The van der Waals surface area contributed by atoms with E-state index in [1.165, 1.54) is 25.8 Å². The molecule has 1 atom stereocenters. The Morgan fingerprint density at radius 2 is 2.26 bits per heavy atom. The fourth-order valence-electron chi connectivity index (χ4n) is 2.66. The van der Waals surface area contributed by atoms with Gasteiger partial charge < -0.3 is 15.4 Å². The second kappa shape index (κ2) is 7.13. The maximum atomic E-state index is 5.95. The molecule has 19 heavy (non-hydrogen) atoms. The molecule has 0 aliphatic carbocycles. The van der Waals surface area contributed by atoms with E-state index in [9.17, 15) is 0 Å². The van der Waals surface area contributed by atoms with Crippen LogP contribution in [-0.4, -0.2) is 31.1 Å². The Balaban J connectivity index is 1.85. The summed E-state index contributed by atoms with van der Waals surface area (Å²) in [4.78, 5) is 2.44. The molecule has 0 amide bonds. The van der Waals surface area contributed by atoms with Gasteiger partial charge in [-0.1, -0.05) is 18.0 Å². The number of nitrogens with zero attached hydrogens (tertiary/aromatic N) is 1. The minimum absolute atomic E-state index is 0.458. The topological polar surface area (TPSA) is 38.5 Å². The molecular weight excluding hydrogens is 260 g/mol. The standard InChI is InChI=1S/C15H23ClN2O/c1-18-8-3-2-4-14(18)7-9-19-15-6-5-13(16)10-12(15)11-17/h5-6,10,14H,2-4,7-9,11,17H2,1H3. The number of ether oxygens (including phenoxy) is 1. The summed E-state index contributed by atoms with van der Waals surface area (Å²) in [6, 6.07) is 6.30. The Morgan fingerprint density at radius 1 is 1.42 bits per heavy atom. The Hall–Kier alpha value is -0.770. The van der Waals surface area contributed by atoms with E-state index in [-0.39, 0.29) is 0 Å². The van der Waals surface area contributed by atoms with Crippen molar-refractivity contribution in [3.63, 3.8) is 0 Å². The predicted octanol–water partition coefficient (Wildman–Crippen LogP) is 3.05. The van der Waals surface area contributed by atoms with Crippen molar-refractivity contribution >= 4 is 11.6 Å². The van der Waals surface area contributed by atoms with Gasteiger partial charge in [-0.2, -0.15) is 0 Å². The predicted molar refractivity (Wildman–Crippen MR) is 79.7 cm³/mol. The van der Waals surface area contributed by atoms with E-state index < -0.39 is 0 Å². The Kier molecular flexibility index (Phi) is 5.49. The van der Waals surface area contributed by atoms with Crippen molar-refractivity contribution in [2.75, 3.05) is 20.2 Å². The molecule has 0 saturated carbocycles. The van der Waals surface area contributed by atoms with Crippen LogP contribution in [0.2, 0.25) is 5.02 Å². The minimum atomic E-state index is 0.458. The molecule has 2 rings (SSSR count). The number of hydrogen-bond acceptors (Lipinski definition) is 3. The van der Waals surface area contributed by atoms with E-state index in [4.69, 9.17) is 22.1 Å². The van der Waals surface area contributed by atoms with Crippen LogP contribution in [0.25, 0.3) is 0 Å². The summed E-state index contributed by atoms with van der Waals surface area (Å²) >= 11 is 5.95. The monoisotopic (exact) mass is 282 g/mol. The highest BCUT2D eigenvalue weighted by molar-refractivity contribution is 6.30. The zero-order valence-corrected chi connectivity index (χ0v) is 12.3. The Labute approximate surface area is 120 Å². The number of halogens is 1. The number of rotatable bonds is 5. The number of likely N-dealkylation sites (tertiary alicyclic amines) is 1. The van der Waals surface area contributed by atoms with E-state index in [2.05, 4.69) is 11.9 Å². The van der Waals surface area contributed by atoms with Crippen LogP contribution in [-0.2, 0) is 6.54 Å². The van der Waals surface area contributed by atoms with Gasteiger partial charge in [-0.05, 0) is 51.1 Å². The van der Waals surface area contributed by atoms with Gasteiger partial charge in [0.05, 0.1) is 6.61 Å². The molecule has 1 aromatic rings. The van der Waals surface area contributed by atoms with E-state index in [1.54, 1.807) is 0 Å². The third-order valence-corrected chi connectivity index (χ3v) is 4.11. The van der Waals surface area contributed by atoms with Crippen LogP contribution < -0.4 is 10.5 Å². The van der Waals surface area contributed by atoms with Gasteiger partial charge in [0.2, 0.25) is 0 Å². The Bertz CT molecular complexity index is 411. The molecule has 1 aliphatic rings. The van der Waals surface area contributed by atoms with Gasteiger partial charge in [-0.3, -0.25) is 0 Å². The second-order valence-electron chi connectivity index (χ2n) is 5.22. The molecule has 2 N–H and O–H groups in total. The van der Waals surface area contributed by atoms with E-state index in [0.717, 1.165) is 24.3 Å². The lowest BCUT2D eigenvalue weighted by Crippen LogP contribution is -2.37. The van der Waals surface area contributed by atoms with Crippen LogP contribution in [0, 0.1) is 0 Å². The highest BCUT2D eigenvalue weighted by atomic mass is 35.5. The van der Waals surface area contributed by atoms with Crippen molar-refractivity contribution < 1.29 is 4.74 Å². The normalized spacial score (nSPS) is 20.5. The molecule has 1 fully saturated rings. The van der Waals surface area contributed by atoms with E-state index in [0.29, 0.717) is 17.6 Å². The maximum absolute atomic E-state index is 5.95. The van der Waals surface area contributed by atoms with Gasteiger partial charge in [0, 0.05) is 23.2 Å². The SMILES string of the molecule is CN1CCCCC1CCOc1ccc(Cl)cc1CN. The average molecular weight is 283 g/mol. The summed E-state index contributed by atoms with van der Waals surface area (Å²) in [5, 5.41) is 0.708. The lowest BCUT2D eigenvalue weighted by Gasteiger charge is -2.32. The third-order valence-electron chi connectivity index (χ3n) is 3.87. The number of nitrogens with two attached hydrogens (primary N) is 1. The molecule has 106 valence electrons. The van der Waals surface area contributed by atoms with Gasteiger partial charge in [-0.15, -0.1) is 0 Å². The first kappa shape index (κ1) is 14.6. The lowest BCUT2D eigenvalue weighted by atomic mass is 10.0. The molecule has 0 aromatic heterocycles. The highest BCUT2D eigenvalue weighted by Gasteiger charge is 2.18.